The molecule has 1 fully saturated rings. The van der Waals surface area contributed by atoms with Crippen molar-refractivity contribution in [1.82, 2.24) is 0 Å². The molecule has 1 saturated carbocycles. The molecule has 152 valence electrons. The highest BCUT2D eigenvalue weighted by Crippen LogP contribution is 2.42. The summed E-state index contributed by atoms with van der Waals surface area (Å²) < 4.78 is 40.7. The zero-order valence-corrected chi connectivity index (χ0v) is 15.1. The van der Waals surface area contributed by atoms with Gasteiger partial charge >= 0.3 is 6.36 Å². The maximum absolute atomic E-state index is 12.2. The second kappa shape index (κ2) is 9.48. The molecule has 0 bridgehead atoms. The van der Waals surface area contributed by atoms with Crippen LogP contribution in [0.25, 0.3) is 5.57 Å². The minimum absolute atomic E-state index is 0. The smallest absolute Gasteiger partial charge is 0.406 e. The van der Waals surface area contributed by atoms with Crippen molar-refractivity contribution in [3.8, 4) is 5.75 Å². The van der Waals surface area contributed by atoms with Gasteiger partial charge in [0.15, 0.2) is 0 Å². The van der Waals surface area contributed by atoms with Crippen LogP contribution in [0.15, 0.2) is 43.0 Å². The van der Waals surface area contributed by atoms with Crippen molar-refractivity contribution in [3.05, 3.63) is 48.6 Å². The van der Waals surface area contributed by atoms with E-state index in [0.29, 0.717) is 0 Å². The van der Waals surface area contributed by atoms with Gasteiger partial charge in [0.1, 0.15) is 5.75 Å². The molecule has 3 rings (SSSR count). The maximum atomic E-state index is 12.2. The lowest BCUT2D eigenvalue weighted by atomic mass is 9.70. The lowest BCUT2D eigenvalue weighted by Crippen LogP contribution is -2.23. The average Bonchev–Trinajstić information content (AvgIpc) is 2.62. The van der Waals surface area contributed by atoms with E-state index in [1.165, 1.54) is 49.8 Å². The Kier molecular flexibility index (Phi) is 7.58. The molecule has 1 aromatic rings. The predicted octanol–water partition coefficient (Wildman–Crippen LogP) is 8.03. The lowest BCUT2D eigenvalue weighted by Gasteiger charge is -2.35. The normalized spacial score (nSPS) is 25.9. The summed E-state index contributed by atoms with van der Waals surface area (Å²) in [6.07, 6.45) is 9.45. The molecular formula is C23H33F3O. The summed E-state index contributed by atoms with van der Waals surface area (Å²) in [5.41, 5.74) is 2.26. The number of hydrogen-bond acceptors (Lipinski definition) is 1. The highest BCUT2D eigenvalue weighted by Gasteiger charge is 2.31. The van der Waals surface area contributed by atoms with E-state index in [2.05, 4.69) is 17.4 Å². The standard InChI is InChI=1S/C22H27F3O.CH4.H2/c1-2-3-16-4-6-17(7-5-16)18-8-10-19(11-9-18)20-12-14-21(15-13-20)26-22(23,24)25;;/h2,10,12-18H,1,3-9,11H2;1H4;1H. The van der Waals surface area contributed by atoms with Crippen LogP contribution in [-0.2, 0) is 0 Å². The van der Waals surface area contributed by atoms with Crippen LogP contribution in [0.3, 0.4) is 0 Å². The Morgan fingerprint density at radius 1 is 1.04 bits per heavy atom. The summed E-state index contributed by atoms with van der Waals surface area (Å²) >= 11 is 0. The van der Waals surface area contributed by atoms with E-state index in [0.717, 1.165) is 42.6 Å². The summed E-state index contributed by atoms with van der Waals surface area (Å²) in [5.74, 6) is 2.26. The molecular weight excluding hydrogens is 349 g/mol. The summed E-state index contributed by atoms with van der Waals surface area (Å²) in [6.45, 7) is 3.85. The number of ether oxygens (including phenoxy) is 1. The molecule has 4 heteroatoms. The van der Waals surface area contributed by atoms with Crippen molar-refractivity contribution in [1.29, 1.82) is 0 Å². The van der Waals surface area contributed by atoms with Gasteiger partial charge < -0.3 is 4.74 Å². The molecule has 1 atom stereocenters. The quantitative estimate of drug-likeness (QED) is 0.468. The monoisotopic (exact) mass is 382 g/mol. The number of allylic oxidation sites excluding steroid dienone is 3. The molecule has 0 aromatic heterocycles. The van der Waals surface area contributed by atoms with E-state index in [1.54, 1.807) is 12.1 Å². The molecule has 0 saturated heterocycles. The van der Waals surface area contributed by atoms with Gasteiger partial charge in [-0.3, -0.25) is 0 Å². The van der Waals surface area contributed by atoms with E-state index < -0.39 is 6.36 Å². The first-order valence-electron chi connectivity index (χ1n) is 9.60. The van der Waals surface area contributed by atoms with Gasteiger partial charge in [0, 0.05) is 1.43 Å². The summed E-state index contributed by atoms with van der Waals surface area (Å²) in [6, 6.07) is 6.26. The van der Waals surface area contributed by atoms with Gasteiger partial charge in [0.2, 0.25) is 0 Å². The summed E-state index contributed by atoms with van der Waals surface area (Å²) in [5, 5.41) is 0. The minimum atomic E-state index is -4.64. The fourth-order valence-corrected chi connectivity index (χ4v) is 4.55. The van der Waals surface area contributed by atoms with Crippen LogP contribution < -0.4 is 4.74 Å². The number of alkyl halides is 3. The van der Waals surface area contributed by atoms with E-state index in [-0.39, 0.29) is 14.6 Å². The first-order chi connectivity index (χ1) is 12.4. The second-order valence-corrected chi connectivity index (χ2v) is 7.64. The molecule has 2 aliphatic carbocycles. The number of hydrogen-bond donors (Lipinski definition) is 0. The molecule has 0 amide bonds. The third-order valence-corrected chi connectivity index (χ3v) is 5.97. The molecule has 0 spiro atoms. The molecule has 2 aliphatic rings. The van der Waals surface area contributed by atoms with Crippen molar-refractivity contribution in [2.24, 2.45) is 17.8 Å². The van der Waals surface area contributed by atoms with Crippen molar-refractivity contribution >= 4 is 5.57 Å². The summed E-state index contributed by atoms with van der Waals surface area (Å²) in [4.78, 5) is 0. The fraction of sp³-hybridized carbons (Fsp3) is 0.565. The van der Waals surface area contributed by atoms with E-state index in [1.807, 2.05) is 6.08 Å². The Bertz CT molecular complexity index is 628. The second-order valence-electron chi connectivity index (χ2n) is 7.64. The molecule has 1 unspecified atom stereocenters. The van der Waals surface area contributed by atoms with Crippen LogP contribution in [0.5, 0.6) is 5.75 Å². The van der Waals surface area contributed by atoms with Crippen molar-refractivity contribution < 1.29 is 19.3 Å². The van der Waals surface area contributed by atoms with Gasteiger partial charge in [-0.1, -0.05) is 31.7 Å². The van der Waals surface area contributed by atoms with Crippen LogP contribution in [0.2, 0.25) is 0 Å². The first-order valence-corrected chi connectivity index (χ1v) is 9.60. The first kappa shape index (κ1) is 21.6. The fourth-order valence-electron chi connectivity index (χ4n) is 4.55. The van der Waals surface area contributed by atoms with Crippen LogP contribution in [0, 0.1) is 17.8 Å². The van der Waals surface area contributed by atoms with Crippen LogP contribution in [0.4, 0.5) is 13.2 Å². The summed E-state index contributed by atoms with van der Waals surface area (Å²) in [7, 11) is 0. The van der Waals surface area contributed by atoms with Crippen molar-refractivity contribution in [2.45, 2.75) is 65.2 Å². The SMILES string of the molecule is C.C=CCC1CCC(C2CC=C(c3ccc(OC(F)(F)F)cc3)CC2)CC1.[HH]. The zero-order chi connectivity index (χ0) is 18.6. The van der Waals surface area contributed by atoms with Crippen molar-refractivity contribution in [2.75, 3.05) is 0 Å². The van der Waals surface area contributed by atoms with Gasteiger partial charge in [-0.15, -0.1) is 19.8 Å². The number of benzene rings is 1. The zero-order valence-electron chi connectivity index (χ0n) is 15.1. The van der Waals surface area contributed by atoms with E-state index >= 15 is 0 Å². The van der Waals surface area contributed by atoms with Crippen LogP contribution in [0.1, 0.15) is 65.8 Å². The van der Waals surface area contributed by atoms with Crippen LogP contribution in [-0.4, -0.2) is 6.36 Å². The Morgan fingerprint density at radius 2 is 1.70 bits per heavy atom. The van der Waals surface area contributed by atoms with Gasteiger partial charge in [-0.25, -0.2) is 0 Å². The lowest BCUT2D eigenvalue weighted by molar-refractivity contribution is -0.274. The highest BCUT2D eigenvalue weighted by atomic mass is 19.4. The van der Waals surface area contributed by atoms with Crippen molar-refractivity contribution in [3.63, 3.8) is 0 Å². The van der Waals surface area contributed by atoms with Gasteiger partial charge in [-0.05, 0) is 92.4 Å². The van der Waals surface area contributed by atoms with Crippen LogP contribution >= 0.6 is 0 Å². The van der Waals surface area contributed by atoms with Gasteiger partial charge in [0.25, 0.3) is 0 Å². The Balaban J connectivity index is 0.00000196. The Hall–Kier alpha value is -1.71. The van der Waals surface area contributed by atoms with Gasteiger partial charge in [-0.2, -0.15) is 0 Å². The molecule has 1 aromatic carbocycles. The average molecular weight is 383 g/mol. The van der Waals surface area contributed by atoms with E-state index in [9.17, 15) is 13.2 Å². The molecule has 27 heavy (non-hydrogen) atoms. The molecule has 1 nitrogen and oxygen atoms in total. The molecule has 0 radical (unpaired) electrons. The topological polar surface area (TPSA) is 9.23 Å². The van der Waals surface area contributed by atoms with Gasteiger partial charge in [0.05, 0.1) is 0 Å². The minimum Gasteiger partial charge on any atom is -0.406 e. The predicted molar refractivity (Wildman–Crippen MR) is 108 cm³/mol. The maximum Gasteiger partial charge on any atom is 0.573 e. The molecule has 0 heterocycles. The van der Waals surface area contributed by atoms with E-state index in [4.69, 9.17) is 0 Å². The Labute approximate surface area is 162 Å². The Morgan fingerprint density at radius 3 is 2.22 bits per heavy atom. The largest absolute Gasteiger partial charge is 0.573 e. The molecule has 0 aliphatic heterocycles. The number of halogens is 3. The number of rotatable bonds is 5. The highest BCUT2D eigenvalue weighted by molar-refractivity contribution is 5.66. The molecule has 0 N–H and O–H groups in total. The third kappa shape index (κ3) is 6.15. The third-order valence-electron chi connectivity index (χ3n) is 5.97.